The number of amides is 3. The molecule has 2 atom stereocenters. The molecule has 0 radical (unpaired) electrons. The topological polar surface area (TPSA) is 98.7 Å². The molecule has 3 fully saturated rings. The molecule has 0 bridgehead atoms. The summed E-state index contributed by atoms with van der Waals surface area (Å²) < 4.78 is 0. The molecule has 1 aliphatic heterocycles. The summed E-state index contributed by atoms with van der Waals surface area (Å²) in [6, 6.07) is 0.242. The van der Waals surface area contributed by atoms with Gasteiger partial charge in [0.2, 0.25) is 5.91 Å². The maximum Gasteiger partial charge on any atom is 0.315 e. The van der Waals surface area contributed by atoms with Crippen molar-refractivity contribution in [2.24, 2.45) is 17.8 Å². The lowest BCUT2D eigenvalue weighted by molar-refractivity contribution is -0.142. The van der Waals surface area contributed by atoms with E-state index in [1.807, 2.05) is 0 Å². The Kier molecular flexibility index (Phi) is 7.57. The number of urea groups is 1. The van der Waals surface area contributed by atoms with Crippen LogP contribution in [0, 0.1) is 17.8 Å². The third-order valence-corrected chi connectivity index (χ3v) is 6.56. The average molecular weight is 394 g/mol. The summed E-state index contributed by atoms with van der Waals surface area (Å²) >= 11 is 0. The van der Waals surface area contributed by atoms with Crippen LogP contribution in [-0.2, 0) is 9.59 Å². The summed E-state index contributed by atoms with van der Waals surface area (Å²) in [6.07, 6.45) is 11.0. The van der Waals surface area contributed by atoms with Crippen molar-refractivity contribution >= 4 is 17.9 Å². The molecule has 0 aromatic rings. The van der Waals surface area contributed by atoms with E-state index in [0.717, 1.165) is 44.9 Å². The number of hydrogen-bond acceptors (Lipinski definition) is 3. The van der Waals surface area contributed by atoms with E-state index < -0.39 is 5.97 Å². The Morgan fingerprint density at radius 1 is 0.929 bits per heavy atom. The Balaban J connectivity index is 1.24. The molecule has 0 spiro atoms. The van der Waals surface area contributed by atoms with E-state index in [1.165, 1.54) is 19.3 Å². The van der Waals surface area contributed by atoms with E-state index in [1.54, 1.807) is 4.90 Å². The molecule has 2 aliphatic carbocycles. The smallest absolute Gasteiger partial charge is 0.315 e. The number of nitrogens with one attached hydrogen (secondary N) is 2. The Labute approximate surface area is 167 Å². The third kappa shape index (κ3) is 6.11. The van der Waals surface area contributed by atoms with Crippen LogP contribution in [0.2, 0.25) is 0 Å². The van der Waals surface area contributed by atoms with Crippen molar-refractivity contribution in [3.05, 3.63) is 0 Å². The van der Waals surface area contributed by atoms with Crippen LogP contribution < -0.4 is 10.6 Å². The van der Waals surface area contributed by atoms with E-state index in [4.69, 9.17) is 0 Å². The summed E-state index contributed by atoms with van der Waals surface area (Å²) in [7, 11) is 0. The van der Waals surface area contributed by atoms with Gasteiger partial charge in [-0.15, -0.1) is 0 Å². The average Bonchev–Trinajstić information content (AvgIpc) is 3.42. The SMILES string of the molecule is O=C(NCCCCCC(=O)N1C[C@H](C(=O)O)[C@@H](C2CC2)C1)NC1CCCCC1. The first kappa shape index (κ1) is 20.9. The van der Waals surface area contributed by atoms with Gasteiger partial charge in [0.05, 0.1) is 5.92 Å². The van der Waals surface area contributed by atoms with Gasteiger partial charge >= 0.3 is 12.0 Å². The molecular formula is C21H35N3O4. The van der Waals surface area contributed by atoms with Gasteiger partial charge in [-0.05, 0) is 50.4 Å². The number of rotatable bonds is 9. The van der Waals surface area contributed by atoms with Crippen molar-refractivity contribution in [2.45, 2.75) is 76.7 Å². The van der Waals surface area contributed by atoms with Crippen LogP contribution in [0.4, 0.5) is 4.79 Å². The van der Waals surface area contributed by atoms with Gasteiger partial charge < -0.3 is 20.6 Å². The van der Waals surface area contributed by atoms with Crippen molar-refractivity contribution in [3.63, 3.8) is 0 Å². The highest BCUT2D eigenvalue weighted by Gasteiger charge is 2.46. The lowest BCUT2D eigenvalue weighted by Gasteiger charge is -2.22. The Morgan fingerprint density at radius 2 is 1.68 bits per heavy atom. The Bertz CT molecular complexity index is 558. The second-order valence-corrected chi connectivity index (χ2v) is 8.79. The lowest BCUT2D eigenvalue weighted by Crippen LogP contribution is -2.43. The monoisotopic (exact) mass is 393 g/mol. The van der Waals surface area contributed by atoms with Crippen LogP contribution in [0.1, 0.15) is 70.6 Å². The molecule has 3 amide bonds. The second-order valence-electron chi connectivity index (χ2n) is 8.79. The quantitative estimate of drug-likeness (QED) is 0.525. The summed E-state index contributed by atoms with van der Waals surface area (Å²) in [5, 5.41) is 15.3. The predicted octanol–water partition coefficient (Wildman–Crippen LogP) is 2.75. The molecule has 7 nitrogen and oxygen atoms in total. The molecule has 0 aromatic carbocycles. The highest BCUT2D eigenvalue weighted by Crippen LogP contribution is 2.44. The number of hydrogen-bond donors (Lipinski definition) is 3. The standard InChI is InChI=1S/C21H35N3O4/c25-19(24-13-17(15-10-11-15)18(14-24)20(26)27)9-5-2-6-12-22-21(28)23-16-7-3-1-4-8-16/h15-18H,1-14H2,(H,26,27)(H2,22,23,28)/t17-,18+/m1/s1. The normalized spacial score (nSPS) is 25.5. The van der Waals surface area contributed by atoms with Crippen molar-refractivity contribution < 1.29 is 19.5 Å². The van der Waals surface area contributed by atoms with E-state index in [-0.39, 0.29) is 23.8 Å². The molecule has 7 heteroatoms. The van der Waals surface area contributed by atoms with Crippen LogP contribution in [0.5, 0.6) is 0 Å². The molecule has 3 rings (SSSR count). The summed E-state index contributed by atoms with van der Waals surface area (Å²) in [4.78, 5) is 37.5. The van der Waals surface area contributed by atoms with Crippen LogP contribution in [0.3, 0.4) is 0 Å². The van der Waals surface area contributed by atoms with Gasteiger partial charge in [0.1, 0.15) is 0 Å². The van der Waals surface area contributed by atoms with E-state index in [2.05, 4.69) is 10.6 Å². The van der Waals surface area contributed by atoms with Gasteiger partial charge in [0.15, 0.2) is 0 Å². The minimum absolute atomic E-state index is 0.0779. The molecule has 28 heavy (non-hydrogen) atoms. The minimum Gasteiger partial charge on any atom is -0.481 e. The van der Waals surface area contributed by atoms with Gasteiger partial charge in [-0.1, -0.05) is 25.7 Å². The van der Waals surface area contributed by atoms with Gasteiger partial charge in [-0.3, -0.25) is 9.59 Å². The highest BCUT2D eigenvalue weighted by atomic mass is 16.4. The number of likely N-dealkylation sites (tertiary alicyclic amines) is 1. The van der Waals surface area contributed by atoms with Crippen molar-refractivity contribution in [1.29, 1.82) is 0 Å². The minimum atomic E-state index is -0.759. The van der Waals surface area contributed by atoms with Crippen molar-refractivity contribution in [1.82, 2.24) is 15.5 Å². The maximum atomic E-state index is 12.4. The molecule has 3 N–H and O–H groups in total. The van der Waals surface area contributed by atoms with E-state index in [0.29, 0.717) is 38.0 Å². The summed E-state index contributed by atoms with van der Waals surface area (Å²) in [6.45, 7) is 1.61. The molecular weight excluding hydrogens is 358 g/mol. The highest BCUT2D eigenvalue weighted by molar-refractivity contribution is 5.79. The Morgan fingerprint density at radius 3 is 2.36 bits per heavy atom. The number of aliphatic carboxylic acids is 1. The number of unbranched alkanes of at least 4 members (excludes halogenated alkanes) is 2. The van der Waals surface area contributed by atoms with E-state index >= 15 is 0 Å². The number of nitrogens with zero attached hydrogens (tertiary/aromatic N) is 1. The number of carboxylic acids is 1. The zero-order valence-corrected chi connectivity index (χ0v) is 16.8. The number of carbonyl (C=O) groups excluding carboxylic acids is 2. The fraction of sp³-hybridized carbons (Fsp3) is 0.857. The summed E-state index contributed by atoms with van der Waals surface area (Å²) in [5.41, 5.74) is 0. The van der Waals surface area contributed by atoms with Crippen LogP contribution in [0.25, 0.3) is 0 Å². The lowest BCUT2D eigenvalue weighted by atomic mass is 9.92. The molecule has 158 valence electrons. The van der Waals surface area contributed by atoms with Crippen LogP contribution in [0.15, 0.2) is 0 Å². The van der Waals surface area contributed by atoms with E-state index in [9.17, 15) is 19.5 Å². The number of carbonyl (C=O) groups is 3. The first-order chi connectivity index (χ1) is 13.5. The third-order valence-electron chi connectivity index (χ3n) is 6.56. The zero-order chi connectivity index (χ0) is 19.9. The van der Waals surface area contributed by atoms with Gasteiger partial charge in [-0.25, -0.2) is 4.79 Å². The molecule has 0 aromatic heterocycles. The molecule has 0 unspecified atom stereocenters. The zero-order valence-electron chi connectivity index (χ0n) is 16.8. The molecule has 1 heterocycles. The van der Waals surface area contributed by atoms with Gasteiger partial charge in [0.25, 0.3) is 0 Å². The van der Waals surface area contributed by atoms with Crippen molar-refractivity contribution in [3.8, 4) is 0 Å². The first-order valence-corrected chi connectivity index (χ1v) is 11.1. The van der Waals surface area contributed by atoms with Gasteiger partial charge in [-0.2, -0.15) is 0 Å². The molecule has 1 saturated heterocycles. The van der Waals surface area contributed by atoms with Gasteiger partial charge in [0, 0.05) is 32.1 Å². The Hall–Kier alpha value is -1.79. The predicted molar refractivity (Wildman–Crippen MR) is 106 cm³/mol. The van der Waals surface area contributed by atoms with Crippen LogP contribution in [-0.4, -0.2) is 53.6 Å². The second kappa shape index (κ2) is 10.1. The molecule has 3 aliphatic rings. The fourth-order valence-electron chi connectivity index (χ4n) is 4.72. The number of carboxylic acid groups (broad SMARTS) is 1. The van der Waals surface area contributed by atoms with Crippen molar-refractivity contribution in [2.75, 3.05) is 19.6 Å². The summed E-state index contributed by atoms with van der Waals surface area (Å²) in [5.74, 6) is -0.413. The largest absolute Gasteiger partial charge is 0.481 e. The fourth-order valence-corrected chi connectivity index (χ4v) is 4.72. The molecule has 2 saturated carbocycles. The first-order valence-electron chi connectivity index (χ1n) is 11.1. The van der Waals surface area contributed by atoms with Crippen LogP contribution >= 0.6 is 0 Å². The maximum absolute atomic E-state index is 12.4.